The number of carbonyl (C=O) groups excluding carboxylic acids is 1. The topological polar surface area (TPSA) is 58.4 Å². The van der Waals surface area contributed by atoms with Gasteiger partial charge >= 0.3 is 0 Å². The van der Waals surface area contributed by atoms with E-state index in [2.05, 4.69) is 24.1 Å². The van der Waals surface area contributed by atoms with E-state index in [0.717, 1.165) is 26.1 Å². The lowest BCUT2D eigenvalue weighted by molar-refractivity contribution is -0.120. The Morgan fingerprint density at radius 3 is 2.69 bits per heavy atom. The van der Waals surface area contributed by atoms with Gasteiger partial charge in [-0.25, -0.2) is 0 Å². The fraction of sp³-hybridized carbons (Fsp3) is 0.917. The minimum absolute atomic E-state index is 0.0714. The van der Waals surface area contributed by atoms with Gasteiger partial charge in [-0.05, 0) is 18.3 Å². The number of hydrogen-bond donors (Lipinski definition) is 2. The smallest absolute Gasteiger partial charge is 0.217 e. The molecule has 0 aromatic carbocycles. The van der Waals surface area contributed by atoms with Crippen LogP contribution in [0.2, 0.25) is 0 Å². The number of rotatable bonds is 4. The Kier molecular flexibility index (Phi) is 5.22. The molecule has 1 heterocycles. The van der Waals surface area contributed by atoms with Crippen LogP contribution >= 0.6 is 0 Å². The zero-order chi connectivity index (χ0) is 12.1. The maximum Gasteiger partial charge on any atom is 0.217 e. The van der Waals surface area contributed by atoms with Gasteiger partial charge in [0.15, 0.2) is 0 Å². The maximum atomic E-state index is 11.1. The average molecular weight is 227 g/mol. The first kappa shape index (κ1) is 13.5. The third kappa shape index (κ3) is 4.10. The van der Waals surface area contributed by atoms with Gasteiger partial charge in [0.25, 0.3) is 0 Å². The summed E-state index contributed by atoms with van der Waals surface area (Å²) < 4.78 is 0. The van der Waals surface area contributed by atoms with Crippen LogP contribution in [0.4, 0.5) is 0 Å². The van der Waals surface area contributed by atoms with Gasteiger partial charge in [0.1, 0.15) is 0 Å². The molecule has 0 bridgehead atoms. The summed E-state index contributed by atoms with van der Waals surface area (Å²) in [4.78, 5) is 13.5. The monoisotopic (exact) mass is 227 g/mol. The van der Waals surface area contributed by atoms with Crippen molar-refractivity contribution >= 4 is 5.91 Å². The SMILES string of the molecule is CC(=O)NC1CC(C(C)C)CN(CCN)C1. The largest absolute Gasteiger partial charge is 0.352 e. The molecule has 16 heavy (non-hydrogen) atoms. The normalized spacial score (nSPS) is 27.1. The van der Waals surface area contributed by atoms with E-state index < -0.39 is 0 Å². The molecule has 1 amide bonds. The lowest BCUT2D eigenvalue weighted by Crippen LogP contribution is -2.52. The van der Waals surface area contributed by atoms with Crippen molar-refractivity contribution in [1.82, 2.24) is 10.2 Å². The predicted molar refractivity (Wildman–Crippen MR) is 66.0 cm³/mol. The summed E-state index contributed by atoms with van der Waals surface area (Å²) in [6, 6.07) is 0.296. The first-order chi connectivity index (χ1) is 7.52. The Labute approximate surface area is 98.6 Å². The lowest BCUT2D eigenvalue weighted by atomic mass is 9.85. The molecular formula is C12H25N3O. The van der Waals surface area contributed by atoms with Crippen LogP contribution in [0.3, 0.4) is 0 Å². The van der Waals surface area contributed by atoms with Crippen LogP contribution in [0.1, 0.15) is 27.2 Å². The summed E-state index contributed by atoms with van der Waals surface area (Å²) >= 11 is 0. The van der Waals surface area contributed by atoms with E-state index in [4.69, 9.17) is 5.73 Å². The van der Waals surface area contributed by atoms with Crippen LogP contribution in [0.25, 0.3) is 0 Å². The van der Waals surface area contributed by atoms with Crippen LogP contribution in [0.15, 0.2) is 0 Å². The van der Waals surface area contributed by atoms with Crippen molar-refractivity contribution in [2.24, 2.45) is 17.6 Å². The number of hydrogen-bond acceptors (Lipinski definition) is 3. The van der Waals surface area contributed by atoms with Crippen molar-refractivity contribution in [3.63, 3.8) is 0 Å². The van der Waals surface area contributed by atoms with E-state index in [1.807, 2.05) is 0 Å². The van der Waals surface area contributed by atoms with Crippen molar-refractivity contribution in [3.8, 4) is 0 Å². The first-order valence-corrected chi connectivity index (χ1v) is 6.22. The maximum absolute atomic E-state index is 11.1. The van der Waals surface area contributed by atoms with Crippen molar-refractivity contribution in [1.29, 1.82) is 0 Å². The third-order valence-corrected chi connectivity index (χ3v) is 3.35. The Bertz CT molecular complexity index is 230. The molecule has 0 radical (unpaired) electrons. The molecule has 1 aliphatic heterocycles. The molecule has 1 rings (SSSR count). The number of likely N-dealkylation sites (tertiary alicyclic amines) is 1. The zero-order valence-electron chi connectivity index (χ0n) is 10.7. The van der Waals surface area contributed by atoms with Gasteiger partial charge in [-0.3, -0.25) is 9.69 Å². The van der Waals surface area contributed by atoms with E-state index in [-0.39, 0.29) is 5.91 Å². The van der Waals surface area contributed by atoms with Gasteiger partial charge in [0, 0.05) is 39.1 Å². The van der Waals surface area contributed by atoms with Gasteiger partial charge in [0.2, 0.25) is 5.91 Å². The fourth-order valence-corrected chi connectivity index (χ4v) is 2.47. The summed E-state index contributed by atoms with van der Waals surface area (Å²) in [5.41, 5.74) is 5.60. The quantitative estimate of drug-likeness (QED) is 0.732. The summed E-state index contributed by atoms with van der Waals surface area (Å²) in [6.07, 6.45) is 1.10. The molecule has 0 aromatic rings. The molecule has 2 atom stereocenters. The number of carbonyl (C=O) groups is 1. The molecule has 2 unspecified atom stereocenters. The van der Waals surface area contributed by atoms with Crippen LogP contribution < -0.4 is 11.1 Å². The molecule has 4 nitrogen and oxygen atoms in total. The van der Waals surface area contributed by atoms with E-state index in [1.165, 1.54) is 0 Å². The highest BCUT2D eigenvalue weighted by molar-refractivity contribution is 5.73. The standard InChI is InChI=1S/C12H25N3O/c1-9(2)11-6-12(14-10(3)16)8-15(7-11)5-4-13/h9,11-12H,4-8,13H2,1-3H3,(H,14,16). The average Bonchev–Trinajstić information content (AvgIpc) is 2.16. The number of nitrogens with one attached hydrogen (secondary N) is 1. The van der Waals surface area contributed by atoms with E-state index in [0.29, 0.717) is 24.4 Å². The highest BCUT2D eigenvalue weighted by Crippen LogP contribution is 2.23. The number of piperidine rings is 1. The number of amides is 1. The van der Waals surface area contributed by atoms with E-state index in [1.54, 1.807) is 6.92 Å². The molecule has 94 valence electrons. The summed E-state index contributed by atoms with van der Waals surface area (Å²) in [5, 5.41) is 3.03. The van der Waals surface area contributed by atoms with Crippen molar-refractivity contribution < 1.29 is 4.79 Å². The van der Waals surface area contributed by atoms with Crippen molar-refractivity contribution in [3.05, 3.63) is 0 Å². The predicted octanol–water partition coefficient (Wildman–Crippen LogP) is 0.428. The highest BCUT2D eigenvalue weighted by Gasteiger charge is 2.28. The molecule has 1 aliphatic rings. The van der Waals surface area contributed by atoms with E-state index in [9.17, 15) is 4.79 Å². The van der Waals surface area contributed by atoms with Gasteiger partial charge in [-0.2, -0.15) is 0 Å². The van der Waals surface area contributed by atoms with Gasteiger partial charge < -0.3 is 11.1 Å². The second kappa shape index (κ2) is 6.21. The molecule has 0 saturated carbocycles. The number of nitrogens with two attached hydrogens (primary N) is 1. The Hall–Kier alpha value is -0.610. The summed E-state index contributed by atoms with van der Waals surface area (Å²) in [5.74, 6) is 1.40. The van der Waals surface area contributed by atoms with Gasteiger partial charge in [0.05, 0.1) is 0 Å². The Balaban J connectivity index is 2.55. The number of nitrogens with zero attached hydrogens (tertiary/aromatic N) is 1. The lowest BCUT2D eigenvalue weighted by Gasteiger charge is -2.39. The van der Waals surface area contributed by atoms with Gasteiger partial charge in [-0.1, -0.05) is 13.8 Å². The molecule has 4 heteroatoms. The molecule has 0 aromatic heterocycles. The van der Waals surface area contributed by atoms with Crippen LogP contribution in [-0.4, -0.2) is 43.0 Å². The fourth-order valence-electron chi connectivity index (χ4n) is 2.47. The van der Waals surface area contributed by atoms with Crippen LogP contribution in [0, 0.1) is 11.8 Å². The second-order valence-corrected chi connectivity index (χ2v) is 5.19. The zero-order valence-corrected chi connectivity index (χ0v) is 10.7. The minimum atomic E-state index is 0.0714. The highest BCUT2D eigenvalue weighted by atomic mass is 16.1. The van der Waals surface area contributed by atoms with Crippen molar-refractivity contribution in [2.45, 2.75) is 33.2 Å². The minimum Gasteiger partial charge on any atom is -0.352 e. The molecule has 1 saturated heterocycles. The van der Waals surface area contributed by atoms with Crippen LogP contribution in [0.5, 0.6) is 0 Å². The van der Waals surface area contributed by atoms with Crippen molar-refractivity contribution in [2.75, 3.05) is 26.2 Å². The Morgan fingerprint density at radius 1 is 1.50 bits per heavy atom. The molecule has 1 fully saturated rings. The van der Waals surface area contributed by atoms with Crippen LogP contribution in [-0.2, 0) is 4.79 Å². The van der Waals surface area contributed by atoms with E-state index >= 15 is 0 Å². The summed E-state index contributed by atoms with van der Waals surface area (Å²) in [7, 11) is 0. The third-order valence-electron chi connectivity index (χ3n) is 3.35. The molecule has 0 aliphatic carbocycles. The molecular weight excluding hydrogens is 202 g/mol. The Morgan fingerprint density at radius 2 is 2.19 bits per heavy atom. The summed E-state index contributed by atoms with van der Waals surface area (Å²) in [6.45, 7) is 9.77. The van der Waals surface area contributed by atoms with Gasteiger partial charge in [-0.15, -0.1) is 0 Å². The second-order valence-electron chi connectivity index (χ2n) is 5.19. The molecule has 3 N–H and O–H groups in total. The molecule has 0 spiro atoms. The first-order valence-electron chi connectivity index (χ1n) is 6.22.